The standard InChI is InChI=1S/C29H32F6N2O6/c1-26(2,3)43-23(39)9-10-27(17-42-24(37-27)19-5-7-22(8-6-19)41-12-4-11-38)25(40)36-16-18-13-20(28(30,31)32)15-21(14-18)29(33,34)35/h5-8,13-15,38H,4,9-12,16-17H2,1-3H3,(H,36,40)/t27-/m1/s1. The smallest absolute Gasteiger partial charge is 0.416 e. The van der Waals surface area contributed by atoms with Gasteiger partial charge in [-0.1, -0.05) is 0 Å². The maximum Gasteiger partial charge on any atom is 0.416 e. The van der Waals surface area contributed by atoms with Crippen LogP contribution >= 0.6 is 0 Å². The van der Waals surface area contributed by atoms with Crippen molar-refractivity contribution in [3.8, 4) is 5.75 Å². The number of hydrogen-bond acceptors (Lipinski definition) is 7. The zero-order chi connectivity index (χ0) is 32.1. The molecule has 0 aromatic heterocycles. The second-order valence-electron chi connectivity index (χ2n) is 10.9. The van der Waals surface area contributed by atoms with Gasteiger partial charge in [-0.05, 0) is 75.2 Å². The van der Waals surface area contributed by atoms with Crippen LogP contribution in [0.25, 0.3) is 0 Å². The Hall–Kier alpha value is -3.81. The molecule has 0 unspecified atom stereocenters. The van der Waals surface area contributed by atoms with Gasteiger partial charge in [0.1, 0.15) is 18.0 Å². The highest BCUT2D eigenvalue weighted by Crippen LogP contribution is 2.36. The summed E-state index contributed by atoms with van der Waals surface area (Å²) in [7, 11) is 0. The Balaban J connectivity index is 1.86. The van der Waals surface area contributed by atoms with Gasteiger partial charge in [0, 0.05) is 31.6 Å². The first kappa shape index (κ1) is 33.7. The van der Waals surface area contributed by atoms with E-state index in [0.29, 0.717) is 29.9 Å². The SMILES string of the molecule is CC(C)(C)OC(=O)CC[C@]1(C(=O)NCc2cc(C(F)(F)F)cc(C(F)(F)F)c2)COC(c2ccc(OCCCO)cc2)=N1. The maximum absolute atomic E-state index is 13.4. The number of nitrogens with zero attached hydrogens (tertiary/aromatic N) is 1. The number of rotatable bonds is 11. The fourth-order valence-corrected chi connectivity index (χ4v) is 4.07. The molecule has 2 N–H and O–H groups in total. The molecular formula is C29H32F6N2O6. The van der Waals surface area contributed by atoms with E-state index in [1.54, 1.807) is 45.0 Å². The van der Waals surface area contributed by atoms with Crippen LogP contribution in [0.4, 0.5) is 26.3 Å². The summed E-state index contributed by atoms with van der Waals surface area (Å²) in [6.07, 6.45) is -10.1. The van der Waals surface area contributed by atoms with Crippen LogP contribution in [0, 0.1) is 0 Å². The Morgan fingerprint density at radius 2 is 1.60 bits per heavy atom. The van der Waals surface area contributed by atoms with Gasteiger partial charge < -0.3 is 24.6 Å². The van der Waals surface area contributed by atoms with Crippen LogP contribution in [0.3, 0.4) is 0 Å². The Bertz CT molecular complexity index is 1290. The molecule has 2 aromatic carbocycles. The third-order valence-electron chi connectivity index (χ3n) is 6.12. The number of ether oxygens (including phenoxy) is 3. The zero-order valence-corrected chi connectivity index (χ0v) is 23.7. The van der Waals surface area contributed by atoms with Gasteiger partial charge in [-0.2, -0.15) is 26.3 Å². The Morgan fingerprint density at radius 1 is 1.00 bits per heavy atom. The van der Waals surface area contributed by atoms with Gasteiger partial charge in [-0.25, -0.2) is 4.99 Å². The van der Waals surface area contributed by atoms with Crippen LogP contribution in [0.5, 0.6) is 5.75 Å². The third-order valence-corrected chi connectivity index (χ3v) is 6.12. The number of alkyl halides is 6. The molecule has 0 fully saturated rings. The number of halogens is 6. The normalized spacial score (nSPS) is 17.2. The van der Waals surface area contributed by atoms with Crippen molar-refractivity contribution >= 4 is 17.8 Å². The van der Waals surface area contributed by atoms with E-state index in [1.165, 1.54) is 0 Å². The first-order chi connectivity index (χ1) is 19.9. The number of carbonyl (C=O) groups excluding carboxylic acids is 2. The molecular weight excluding hydrogens is 586 g/mol. The number of hydrogen-bond donors (Lipinski definition) is 2. The third kappa shape index (κ3) is 9.60. The molecule has 0 radical (unpaired) electrons. The van der Waals surface area contributed by atoms with Crippen LogP contribution in [0.2, 0.25) is 0 Å². The number of carbonyl (C=O) groups is 2. The van der Waals surface area contributed by atoms with Gasteiger partial charge in [0.15, 0.2) is 5.54 Å². The number of esters is 1. The molecule has 0 spiro atoms. The molecule has 14 heteroatoms. The van der Waals surface area contributed by atoms with Crippen LogP contribution in [0.15, 0.2) is 47.5 Å². The summed E-state index contributed by atoms with van der Waals surface area (Å²) < 4.78 is 96.2. The lowest BCUT2D eigenvalue weighted by Crippen LogP contribution is -2.47. The Morgan fingerprint density at radius 3 is 2.14 bits per heavy atom. The van der Waals surface area contributed by atoms with Gasteiger partial charge in [-0.15, -0.1) is 0 Å². The van der Waals surface area contributed by atoms with Crippen molar-refractivity contribution in [2.24, 2.45) is 4.99 Å². The van der Waals surface area contributed by atoms with E-state index in [4.69, 9.17) is 19.3 Å². The fourth-order valence-electron chi connectivity index (χ4n) is 4.07. The molecule has 1 aliphatic heterocycles. The number of benzene rings is 2. The number of aliphatic hydroxyl groups excluding tert-OH is 1. The topological polar surface area (TPSA) is 106 Å². The maximum atomic E-state index is 13.4. The molecule has 8 nitrogen and oxygen atoms in total. The van der Waals surface area contributed by atoms with E-state index >= 15 is 0 Å². The average molecular weight is 619 g/mol. The van der Waals surface area contributed by atoms with Gasteiger partial charge in [0.25, 0.3) is 5.91 Å². The summed E-state index contributed by atoms with van der Waals surface area (Å²) in [5.41, 5.74) is -5.55. The highest BCUT2D eigenvalue weighted by atomic mass is 19.4. The molecule has 1 heterocycles. The second-order valence-corrected chi connectivity index (χ2v) is 10.9. The Kier molecular flexibility index (Phi) is 10.4. The van der Waals surface area contributed by atoms with Crippen molar-refractivity contribution in [3.05, 3.63) is 64.7 Å². The minimum atomic E-state index is -5.05. The minimum absolute atomic E-state index is 0.00200. The zero-order valence-electron chi connectivity index (χ0n) is 23.7. The van der Waals surface area contributed by atoms with Crippen molar-refractivity contribution in [2.45, 2.75) is 70.1 Å². The molecule has 1 atom stereocenters. The fraction of sp³-hybridized carbons (Fsp3) is 0.483. The van der Waals surface area contributed by atoms with Crippen molar-refractivity contribution in [1.82, 2.24) is 5.32 Å². The molecule has 2 aromatic rings. The molecule has 1 amide bonds. The minimum Gasteiger partial charge on any atom is -0.494 e. The van der Waals surface area contributed by atoms with Crippen LogP contribution < -0.4 is 10.1 Å². The monoisotopic (exact) mass is 618 g/mol. The molecule has 3 rings (SSSR count). The van der Waals surface area contributed by atoms with Crippen molar-refractivity contribution in [3.63, 3.8) is 0 Å². The predicted octanol–water partition coefficient (Wildman–Crippen LogP) is 5.44. The molecule has 0 bridgehead atoms. The Labute approximate surface area is 244 Å². The van der Waals surface area contributed by atoms with E-state index in [1.807, 2.05) is 0 Å². The summed E-state index contributed by atoms with van der Waals surface area (Å²) in [4.78, 5) is 30.3. The van der Waals surface area contributed by atoms with Crippen molar-refractivity contribution in [2.75, 3.05) is 19.8 Å². The largest absolute Gasteiger partial charge is 0.494 e. The van der Waals surface area contributed by atoms with Gasteiger partial charge >= 0.3 is 18.3 Å². The van der Waals surface area contributed by atoms with E-state index < -0.39 is 58.6 Å². The highest BCUT2D eigenvalue weighted by molar-refractivity contribution is 6.00. The predicted molar refractivity (Wildman–Crippen MR) is 142 cm³/mol. The lowest BCUT2D eigenvalue weighted by Gasteiger charge is -2.24. The first-order valence-corrected chi connectivity index (χ1v) is 13.3. The van der Waals surface area contributed by atoms with Crippen LogP contribution in [0.1, 0.15) is 62.3 Å². The van der Waals surface area contributed by atoms with E-state index in [9.17, 15) is 35.9 Å². The number of nitrogens with one attached hydrogen (secondary N) is 1. The van der Waals surface area contributed by atoms with Crippen LogP contribution in [-0.2, 0) is 38.0 Å². The summed E-state index contributed by atoms with van der Waals surface area (Å²) in [6.45, 7) is 4.20. The number of aliphatic imine (C=N–C) groups is 1. The summed E-state index contributed by atoms with van der Waals surface area (Å²) in [5.74, 6) is -0.954. The van der Waals surface area contributed by atoms with Crippen molar-refractivity contribution < 1.29 is 55.2 Å². The molecule has 43 heavy (non-hydrogen) atoms. The quantitative estimate of drug-likeness (QED) is 0.198. The van der Waals surface area contributed by atoms with Crippen molar-refractivity contribution in [1.29, 1.82) is 0 Å². The summed E-state index contributed by atoms with van der Waals surface area (Å²) in [5, 5.41) is 11.3. The molecule has 0 saturated heterocycles. The van der Waals surface area contributed by atoms with Gasteiger partial charge in [0.05, 0.1) is 17.7 Å². The lowest BCUT2D eigenvalue weighted by molar-refractivity contribution is -0.155. The van der Waals surface area contributed by atoms with Gasteiger partial charge in [-0.3, -0.25) is 9.59 Å². The molecule has 0 aliphatic carbocycles. The molecule has 0 saturated carbocycles. The van der Waals surface area contributed by atoms with Crippen LogP contribution in [-0.4, -0.2) is 53.8 Å². The number of aliphatic hydroxyl groups is 1. The average Bonchev–Trinajstić information content (AvgIpc) is 3.35. The highest BCUT2D eigenvalue weighted by Gasteiger charge is 2.45. The van der Waals surface area contributed by atoms with E-state index in [2.05, 4.69) is 10.3 Å². The van der Waals surface area contributed by atoms with E-state index in [0.717, 1.165) is 0 Å². The van der Waals surface area contributed by atoms with E-state index in [-0.39, 0.29) is 44.6 Å². The second kappa shape index (κ2) is 13.2. The first-order valence-electron chi connectivity index (χ1n) is 13.3. The number of amides is 1. The lowest BCUT2D eigenvalue weighted by atomic mass is 9.94. The molecule has 1 aliphatic rings. The molecule has 236 valence electrons. The van der Waals surface area contributed by atoms with Gasteiger partial charge in [0.2, 0.25) is 5.90 Å². The summed E-state index contributed by atoms with van der Waals surface area (Å²) in [6, 6.07) is 7.49. The summed E-state index contributed by atoms with van der Waals surface area (Å²) >= 11 is 0.